The molecule has 1 aromatic rings. The standard InChI is InChI=1S/C14H22N2O3/c1-14(2,3)11-8-10(13(18)19)9-12(15-11)16(4)6-5-7-17/h8-9,17H,5-7H2,1-4H3,(H,18,19). The Kier molecular flexibility index (Phi) is 4.89. The monoisotopic (exact) mass is 266 g/mol. The van der Waals surface area contributed by atoms with Crippen LogP contribution in [0.25, 0.3) is 0 Å². The van der Waals surface area contributed by atoms with Crippen molar-refractivity contribution >= 4 is 11.8 Å². The van der Waals surface area contributed by atoms with Crippen molar-refractivity contribution in [2.75, 3.05) is 25.1 Å². The summed E-state index contributed by atoms with van der Waals surface area (Å²) in [6.07, 6.45) is 0.625. The van der Waals surface area contributed by atoms with Crippen molar-refractivity contribution in [1.29, 1.82) is 0 Å². The van der Waals surface area contributed by atoms with Crippen molar-refractivity contribution in [1.82, 2.24) is 4.98 Å². The number of aliphatic hydroxyl groups is 1. The maximum absolute atomic E-state index is 11.2. The third kappa shape index (κ3) is 4.21. The molecule has 0 amide bonds. The fraction of sp³-hybridized carbons (Fsp3) is 0.571. The van der Waals surface area contributed by atoms with Gasteiger partial charge in [-0.3, -0.25) is 0 Å². The molecule has 0 aliphatic heterocycles. The molecule has 1 heterocycles. The molecule has 106 valence electrons. The lowest BCUT2D eigenvalue weighted by molar-refractivity contribution is 0.0696. The van der Waals surface area contributed by atoms with Crippen LogP contribution in [0.4, 0.5) is 5.82 Å². The minimum Gasteiger partial charge on any atom is -0.478 e. The summed E-state index contributed by atoms with van der Waals surface area (Å²) < 4.78 is 0. The van der Waals surface area contributed by atoms with Crippen LogP contribution in [0.2, 0.25) is 0 Å². The average Bonchev–Trinajstić information content (AvgIpc) is 2.34. The average molecular weight is 266 g/mol. The number of hydrogen-bond donors (Lipinski definition) is 2. The maximum atomic E-state index is 11.2. The molecule has 0 aliphatic rings. The molecule has 1 rings (SSSR count). The number of aromatic nitrogens is 1. The molecule has 0 aromatic carbocycles. The molecule has 0 atom stereocenters. The van der Waals surface area contributed by atoms with Gasteiger partial charge in [0.05, 0.1) is 5.56 Å². The van der Waals surface area contributed by atoms with Crippen LogP contribution in [0, 0.1) is 0 Å². The molecule has 19 heavy (non-hydrogen) atoms. The molecule has 1 aromatic heterocycles. The van der Waals surface area contributed by atoms with Gasteiger partial charge in [0.2, 0.25) is 0 Å². The second-order valence-corrected chi connectivity index (χ2v) is 5.65. The summed E-state index contributed by atoms with van der Waals surface area (Å²) in [6.45, 7) is 6.74. The summed E-state index contributed by atoms with van der Waals surface area (Å²) in [5.41, 5.74) is 0.780. The van der Waals surface area contributed by atoms with Crippen molar-refractivity contribution in [3.8, 4) is 0 Å². The number of carboxylic acids is 1. The van der Waals surface area contributed by atoms with Gasteiger partial charge in [-0.25, -0.2) is 9.78 Å². The van der Waals surface area contributed by atoms with E-state index in [1.807, 2.05) is 32.7 Å². The Labute approximate surface area is 113 Å². The van der Waals surface area contributed by atoms with E-state index in [1.165, 1.54) is 0 Å². The first-order chi connectivity index (χ1) is 8.75. The van der Waals surface area contributed by atoms with Crippen LogP contribution in [0.1, 0.15) is 43.2 Å². The van der Waals surface area contributed by atoms with Crippen LogP contribution in [0.3, 0.4) is 0 Å². The molecule has 2 N–H and O–H groups in total. The molecule has 5 heteroatoms. The first-order valence-electron chi connectivity index (χ1n) is 6.33. The van der Waals surface area contributed by atoms with E-state index in [1.54, 1.807) is 12.1 Å². The lowest BCUT2D eigenvalue weighted by Crippen LogP contribution is -2.23. The Bertz CT molecular complexity index is 452. The largest absolute Gasteiger partial charge is 0.478 e. The van der Waals surface area contributed by atoms with Gasteiger partial charge < -0.3 is 15.1 Å². The van der Waals surface area contributed by atoms with Gasteiger partial charge >= 0.3 is 5.97 Å². The highest BCUT2D eigenvalue weighted by molar-refractivity contribution is 5.88. The minimum atomic E-state index is -0.954. The summed E-state index contributed by atoms with van der Waals surface area (Å²) in [4.78, 5) is 17.6. The number of pyridine rings is 1. The van der Waals surface area contributed by atoms with Gasteiger partial charge in [0, 0.05) is 31.3 Å². The van der Waals surface area contributed by atoms with Crippen molar-refractivity contribution < 1.29 is 15.0 Å². The number of hydrogen-bond acceptors (Lipinski definition) is 4. The van der Waals surface area contributed by atoms with Crippen molar-refractivity contribution in [3.63, 3.8) is 0 Å². The topological polar surface area (TPSA) is 73.7 Å². The van der Waals surface area contributed by atoms with Gasteiger partial charge in [-0.05, 0) is 18.6 Å². The first-order valence-corrected chi connectivity index (χ1v) is 6.33. The molecule has 0 unspecified atom stereocenters. The van der Waals surface area contributed by atoms with E-state index in [9.17, 15) is 9.90 Å². The highest BCUT2D eigenvalue weighted by atomic mass is 16.4. The van der Waals surface area contributed by atoms with Gasteiger partial charge in [0.15, 0.2) is 0 Å². The summed E-state index contributed by atoms with van der Waals surface area (Å²) in [5, 5.41) is 18.0. The fourth-order valence-electron chi connectivity index (χ4n) is 1.64. The number of aromatic carboxylic acids is 1. The molecular formula is C14H22N2O3. The van der Waals surface area contributed by atoms with Crippen LogP contribution in [-0.4, -0.2) is 41.4 Å². The van der Waals surface area contributed by atoms with Crippen molar-refractivity contribution in [2.45, 2.75) is 32.6 Å². The maximum Gasteiger partial charge on any atom is 0.335 e. The van der Waals surface area contributed by atoms with Crippen LogP contribution < -0.4 is 4.90 Å². The van der Waals surface area contributed by atoms with Crippen molar-refractivity contribution in [2.24, 2.45) is 0 Å². The third-order valence-electron chi connectivity index (χ3n) is 2.87. The van der Waals surface area contributed by atoms with E-state index >= 15 is 0 Å². The SMILES string of the molecule is CN(CCCO)c1cc(C(=O)O)cc(C(C)(C)C)n1. The predicted molar refractivity (Wildman–Crippen MR) is 74.9 cm³/mol. The number of nitrogens with zero attached hydrogens (tertiary/aromatic N) is 2. The van der Waals surface area contributed by atoms with E-state index in [-0.39, 0.29) is 17.6 Å². The minimum absolute atomic E-state index is 0.106. The molecule has 0 radical (unpaired) electrons. The van der Waals surface area contributed by atoms with E-state index < -0.39 is 5.97 Å². The van der Waals surface area contributed by atoms with E-state index in [0.717, 1.165) is 5.69 Å². The van der Waals surface area contributed by atoms with Crippen LogP contribution in [0.5, 0.6) is 0 Å². The van der Waals surface area contributed by atoms with Crippen molar-refractivity contribution in [3.05, 3.63) is 23.4 Å². The summed E-state index contributed by atoms with van der Waals surface area (Å²) >= 11 is 0. The zero-order valence-electron chi connectivity index (χ0n) is 12.0. The highest BCUT2D eigenvalue weighted by Gasteiger charge is 2.20. The Balaban J connectivity index is 3.17. The molecule has 0 saturated heterocycles. The van der Waals surface area contributed by atoms with Gasteiger partial charge in [-0.2, -0.15) is 0 Å². The molecule has 5 nitrogen and oxygen atoms in total. The zero-order valence-corrected chi connectivity index (χ0v) is 12.0. The van der Waals surface area contributed by atoms with Gasteiger partial charge in [-0.15, -0.1) is 0 Å². The molecule has 0 aliphatic carbocycles. The van der Waals surface area contributed by atoms with Crippen LogP contribution in [-0.2, 0) is 5.41 Å². The second-order valence-electron chi connectivity index (χ2n) is 5.65. The summed E-state index contributed by atoms with van der Waals surface area (Å²) in [7, 11) is 1.84. The number of carbonyl (C=O) groups is 1. The highest BCUT2D eigenvalue weighted by Crippen LogP contribution is 2.24. The molecule has 0 bridgehead atoms. The predicted octanol–water partition coefficient (Wildman–Crippen LogP) is 1.90. The van der Waals surface area contributed by atoms with E-state index in [2.05, 4.69) is 4.98 Å². The van der Waals surface area contributed by atoms with Crippen LogP contribution in [0.15, 0.2) is 12.1 Å². The normalized spacial score (nSPS) is 11.4. The second kappa shape index (κ2) is 6.02. The lowest BCUT2D eigenvalue weighted by Gasteiger charge is -2.23. The smallest absolute Gasteiger partial charge is 0.335 e. The summed E-state index contributed by atoms with van der Waals surface area (Å²) in [6, 6.07) is 3.18. The van der Waals surface area contributed by atoms with E-state index in [0.29, 0.717) is 18.8 Å². The van der Waals surface area contributed by atoms with Gasteiger partial charge in [-0.1, -0.05) is 20.8 Å². The Morgan fingerprint density at radius 1 is 1.37 bits per heavy atom. The number of anilines is 1. The molecule has 0 saturated carbocycles. The number of rotatable bonds is 5. The zero-order chi connectivity index (χ0) is 14.6. The molecular weight excluding hydrogens is 244 g/mol. The van der Waals surface area contributed by atoms with Gasteiger partial charge in [0.1, 0.15) is 5.82 Å². The Morgan fingerprint density at radius 2 is 2.00 bits per heavy atom. The van der Waals surface area contributed by atoms with Gasteiger partial charge in [0.25, 0.3) is 0 Å². The Hall–Kier alpha value is -1.62. The Morgan fingerprint density at radius 3 is 2.47 bits per heavy atom. The first kappa shape index (κ1) is 15.4. The third-order valence-corrected chi connectivity index (χ3v) is 2.87. The lowest BCUT2D eigenvalue weighted by atomic mass is 9.90. The molecule has 0 fully saturated rings. The quantitative estimate of drug-likeness (QED) is 0.851. The molecule has 0 spiro atoms. The fourth-order valence-corrected chi connectivity index (χ4v) is 1.64. The van der Waals surface area contributed by atoms with E-state index in [4.69, 9.17) is 5.11 Å². The van der Waals surface area contributed by atoms with Crippen LogP contribution >= 0.6 is 0 Å². The number of aliphatic hydroxyl groups excluding tert-OH is 1. The summed E-state index contributed by atoms with van der Waals surface area (Å²) in [5.74, 6) is -0.331. The number of carboxylic acid groups (broad SMARTS) is 1.